The van der Waals surface area contributed by atoms with Crippen molar-refractivity contribution in [1.29, 1.82) is 0 Å². The van der Waals surface area contributed by atoms with Crippen LogP contribution in [-0.4, -0.2) is 49.1 Å². The first-order chi connectivity index (χ1) is 14.3. The lowest BCUT2D eigenvalue weighted by Gasteiger charge is -2.45. The smallest absolute Gasteiger partial charge is 0.324 e. The molecule has 30 heavy (non-hydrogen) atoms. The van der Waals surface area contributed by atoms with E-state index in [9.17, 15) is 13.2 Å². The van der Waals surface area contributed by atoms with Crippen LogP contribution in [0.2, 0.25) is 0 Å². The van der Waals surface area contributed by atoms with Crippen molar-refractivity contribution >= 4 is 39.2 Å². The molecule has 0 unspecified atom stereocenters. The largest absolute Gasteiger partial charge is 0.343 e. The molecular formula is C19H25N7O3S. The van der Waals surface area contributed by atoms with Gasteiger partial charge in [0.05, 0.1) is 17.1 Å². The summed E-state index contributed by atoms with van der Waals surface area (Å²) < 4.78 is 23.2. The number of sulfonamides is 1. The molecule has 2 aromatic rings. The Morgan fingerprint density at radius 3 is 2.67 bits per heavy atom. The molecule has 0 bridgehead atoms. The highest BCUT2D eigenvalue weighted by molar-refractivity contribution is 7.89. The van der Waals surface area contributed by atoms with Crippen molar-refractivity contribution in [3.05, 3.63) is 30.5 Å². The molecule has 0 saturated heterocycles. The van der Waals surface area contributed by atoms with Gasteiger partial charge in [0.25, 0.3) is 0 Å². The molecule has 1 fully saturated rings. The molecule has 2 amide bonds. The van der Waals surface area contributed by atoms with E-state index in [2.05, 4.69) is 10.3 Å². The first kappa shape index (κ1) is 20.4. The predicted molar refractivity (Wildman–Crippen MR) is 114 cm³/mol. The van der Waals surface area contributed by atoms with Crippen LogP contribution >= 0.6 is 0 Å². The third-order valence-electron chi connectivity index (χ3n) is 5.49. The molecule has 1 saturated carbocycles. The summed E-state index contributed by atoms with van der Waals surface area (Å²) in [4.78, 5) is 23.4. The fourth-order valence-electron chi connectivity index (χ4n) is 4.00. The number of nitrogens with two attached hydrogens (primary N) is 1. The molecule has 160 valence electrons. The minimum Gasteiger partial charge on any atom is -0.324 e. The number of primary sulfonamides is 1. The maximum Gasteiger partial charge on any atom is 0.343 e. The first-order valence-corrected chi connectivity index (χ1v) is 11.5. The van der Waals surface area contributed by atoms with Gasteiger partial charge in [0, 0.05) is 19.3 Å². The number of benzene rings is 1. The number of hydrogen-bond acceptors (Lipinski definition) is 7. The van der Waals surface area contributed by atoms with Gasteiger partial charge in [-0.1, -0.05) is 18.9 Å². The van der Waals surface area contributed by atoms with Crippen molar-refractivity contribution < 1.29 is 13.2 Å². The fourth-order valence-corrected chi connectivity index (χ4v) is 4.56. The molecule has 0 radical (unpaired) electrons. The molecule has 2 heterocycles. The van der Waals surface area contributed by atoms with Crippen LogP contribution in [0.15, 0.2) is 35.4 Å². The maximum absolute atomic E-state index is 12.9. The first-order valence-electron chi connectivity index (χ1n) is 9.91. The second-order valence-electron chi connectivity index (χ2n) is 7.44. The Labute approximate surface area is 175 Å². The van der Waals surface area contributed by atoms with Crippen molar-refractivity contribution in [3.63, 3.8) is 0 Å². The molecule has 10 nitrogen and oxygen atoms in total. The van der Waals surface area contributed by atoms with E-state index in [-0.39, 0.29) is 17.0 Å². The maximum atomic E-state index is 12.9. The number of rotatable bonds is 5. The number of aromatic nitrogens is 2. The normalized spacial score (nSPS) is 17.4. The van der Waals surface area contributed by atoms with Crippen LogP contribution < -0.4 is 20.4 Å². The standard InChI is InChI=1S/C19H25N7O3S/c1-3-25-19(27)24(2)16-12-21-18(23-17(16)26(25)14-8-4-5-9-14)22-13-7-6-10-15(11-13)30(20,28)29/h6-7,10-12,14H,3-5,8-9H2,1-2H3,(H2,20,28,29)(H,21,22,23). The number of amides is 2. The average Bonchev–Trinajstić information content (AvgIpc) is 3.24. The summed E-state index contributed by atoms with van der Waals surface area (Å²) >= 11 is 0. The van der Waals surface area contributed by atoms with E-state index in [1.165, 1.54) is 12.1 Å². The van der Waals surface area contributed by atoms with E-state index in [1.807, 2.05) is 11.9 Å². The van der Waals surface area contributed by atoms with E-state index in [0.29, 0.717) is 29.7 Å². The summed E-state index contributed by atoms with van der Waals surface area (Å²) in [6.07, 6.45) is 5.84. The van der Waals surface area contributed by atoms with E-state index < -0.39 is 10.0 Å². The van der Waals surface area contributed by atoms with Crippen LogP contribution in [0, 0.1) is 0 Å². The lowest BCUT2D eigenvalue weighted by Crippen LogP contribution is -2.59. The zero-order valence-corrected chi connectivity index (χ0v) is 17.8. The van der Waals surface area contributed by atoms with Gasteiger partial charge in [0.15, 0.2) is 5.82 Å². The lowest BCUT2D eigenvalue weighted by atomic mass is 10.2. The third kappa shape index (κ3) is 3.65. The minimum absolute atomic E-state index is 0.000491. The Bertz CT molecular complexity index is 1070. The minimum atomic E-state index is -3.82. The van der Waals surface area contributed by atoms with Gasteiger partial charge in [-0.05, 0) is 38.0 Å². The summed E-state index contributed by atoms with van der Waals surface area (Å²) in [6.45, 7) is 2.47. The number of urea groups is 1. The van der Waals surface area contributed by atoms with Gasteiger partial charge in [-0.15, -0.1) is 0 Å². The molecule has 1 aliphatic carbocycles. The van der Waals surface area contributed by atoms with Gasteiger partial charge in [-0.25, -0.2) is 28.3 Å². The van der Waals surface area contributed by atoms with Crippen molar-refractivity contribution in [2.75, 3.05) is 28.8 Å². The lowest BCUT2D eigenvalue weighted by molar-refractivity contribution is 0.191. The Hall–Kier alpha value is -2.92. The summed E-state index contributed by atoms with van der Waals surface area (Å²) in [5.74, 6) is 0.966. The van der Waals surface area contributed by atoms with Crippen molar-refractivity contribution in [1.82, 2.24) is 15.0 Å². The number of anilines is 4. The van der Waals surface area contributed by atoms with Gasteiger partial charge in [-0.2, -0.15) is 4.98 Å². The number of nitrogens with zero attached hydrogens (tertiary/aromatic N) is 5. The van der Waals surface area contributed by atoms with Crippen molar-refractivity contribution in [3.8, 4) is 0 Å². The molecule has 1 aromatic heterocycles. The highest BCUT2D eigenvalue weighted by atomic mass is 32.2. The highest BCUT2D eigenvalue weighted by Gasteiger charge is 2.39. The van der Waals surface area contributed by atoms with E-state index in [0.717, 1.165) is 25.7 Å². The highest BCUT2D eigenvalue weighted by Crippen LogP contribution is 2.38. The predicted octanol–water partition coefficient (Wildman–Crippen LogP) is 2.42. The monoisotopic (exact) mass is 431 g/mol. The molecule has 0 spiro atoms. The van der Waals surface area contributed by atoms with Crippen LogP contribution in [0.25, 0.3) is 0 Å². The zero-order chi connectivity index (χ0) is 21.5. The topological polar surface area (TPSA) is 125 Å². The second kappa shape index (κ2) is 7.73. The summed E-state index contributed by atoms with van der Waals surface area (Å²) in [5, 5.41) is 12.0. The molecule has 1 aromatic carbocycles. The SMILES string of the molecule is CCN1C(=O)N(C)c2cnc(Nc3cccc(S(N)(=O)=O)c3)nc2N1C1CCCC1. The number of nitrogens with one attached hydrogen (secondary N) is 1. The molecule has 4 rings (SSSR count). The van der Waals surface area contributed by atoms with Gasteiger partial charge in [-0.3, -0.25) is 9.91 Å². The summed E-state index contributed by atoms with van der Waals surface area (Å²) in [5.41, 5.74) is 1.14. The quantitative estimate of drug-likeness (QED) is 0.745. The summed E-state index contributed by atoms with van der Waals surface area (Å²) in [6, 6.07) is 6.25. The van der Waals surface area contributed by atoms with Gasteiger partial charge >= 0.3 is 6.03 Å². The van der Waals surface area contributed by atoms with Crippen LogP contribution in [0.5, 0.6) is 0 Å². The Kier molecular flexibility index (Phi) is 5.24. The Morgan fingerprint density at radius 1 is 1.27 bits per heavy atom. The van der Waals surface area contributed by atoms with Gasteiger partial charge in [0.1, 0.15) is 5.69 Å². The van der Waals surface area contributed by atoms with Gasteiger partial charge in [0.2, 0.25) is 16.0 Å². The molecule has 0 atom stereocenters. The van der Waals surface area contributed by atoms with E-state index >= 15 is 0 Å². The molecule has 2 aliphatic rings. The second-order valence-corrected chi connectivity index (χ2v) is 9.00. The third-order valence-corrected chi connectivity index (χ3v) is 6.40. The number of fused-ring (bicyclic) bond motifs is 1. The van der Waals surface area contributed by atoms with Crippen LogP contribution in [0.1, 0.15) is 32.6 Å². The molecule has 1 aliphatic heterocycles. The van der Waals surface area contributed by atoms with Crippen LogP contribution in [0.4, 0.5) is 27.9 Å². The Morgan fingerprint density at radius 2 is 2.00 bits per heavy atom. The van der Waals surface area contributed by atoms with Crippen LogP contribution in [-0.2, 0) is 10.0 Å². The number of carbonyl (C=O) groups is 1. The van der Waals surface area contributed by atoms with Crippen LogP contribution in [0.3, 0.4) is 0 Å². The number of hydrogen-bond donors (Lipinski definition) is 2. The van der Waals surface area contributed by atoms with Crippen molar-refractivity contribution in [2.45, 2.75) is 43.5 Å². The molecule has 3 N–H and O–H groups in total. The number of carbonyl (C=O) groups excluding carboxylic acids is 1. The Balaban J connectivity index is 1.72. The average molecular weight is 432 g/mol. The van der Waals surface area contributed by atoms with E-state index in [1.54, 1.807) is 35.3 Å². The fraction of sp³-hybridized carbons (Fsp3) is 0.421. The summed E-state index contributed by atoms with van der Waals surface area (Å²) in [7, 11) is -2.11. The number of hydrazine groups is 1. The van der Waals surface area contributed by atoms with Gasteiger partial charge < -0.3 is 5.32 Å². The molecule has 11 heteroatoms. The van der Waals surface area contributed by atoms with E-state index in [4.69, 9.17) is 10.1 Å². The zero-order valence-electron chi connectivity index (χ0n) is 16.9. The molecular weight excluding hydrogens is 406 g/mol. The van der Waals surface area contributed by atoms with Crippen molar-refractivity contribution in [2.24, 2.45) is 5.14 Å².